The zero-order valence-corrected chi connectivity index (χ0v) is 16.8. The summed E-state index contributed by atoms with van der Waals surface area (Å²) in [5.74, 6) is 2.03. The predicted molar refractivity (Wildman–Crippen MR) is 110 cm³/mol. The fourth-order valence-corrected chi connectivity index (χ4v) is 2.80. The quantitative estimate of drug-likeness (QED) is 0.525. The molecule has 1 atom stereocenters. The van der Waals surface area contributed by atoms with Gasteiger partial charge in [-0.3, -0.25) is 9.98 Å². The van der Waals surface area contributed by atoms with Crippen LogP contribution in [0.4, 0.5) is 0 Å². The first-order chi connectivity index (χ1) is 13.1. The number of aromatic nitrogens is 2. The Balaban J connectivity index is 1.79. The monoisotopic (exact) mass is 369 g/mol. The average Bonchev–Trinajstić information content (AvgIpc) is 2.65. The van der Waals surface area contributed by atoms with Crippen molar-refractivity contribution in [1.29, 1.82) is 0 Å². The molecule has 6 nitrogen and oxygen atoms in total. The van der Waals surface area contributed by atoms with Crippen molar-refractivity contribution in [3.8, 4) is 5.88 Å². The van der Waals surface area contributed by atoms with Crippen molar-refractivity contribution in [3.63, 3.8) is 0 Å². The van der Waals surface area contributed by atoms with Crippen LogP contribution in [0.1, 0.15) is 38.4 Å². The molecule has 0 bridgehead atoms. The third-order valence-electron chi connectivity index (χ3n) is 4.01. The van der Waals surface area contributed by atoms with Crippen molar-refractivity contribution in [1.82, 2.24) is 20.6 Å². The van der Waals surface area contributed by atoms with Gasteiger partial charge in [0.15, 0.2) is 5.96 Å². The molecule has 0 radical (unpaired) electrons. The summed E-state index contributed by atoms with van der Waals surface area (Å²) in [6, 6.07) is 9.91. The Bertz CT molecular complexity index is 703. The Morgan fingerprint density at radius 3 is 2.67 bits per heavy atom. The van der Waals surface area contributed by atoms with Crippen molar-refractivity contribution < 1.29 is 4.74 Å². The van der Waals surface area contributed by atoms with Crippen molar-refractivity contribution in [2.45, 2.75) is 46.3 Å². The summed E-state index contributed by atoms with van der Waals surface area (Å²) in [5, 5.41) is 6.63. The van der Waals surface area contributed by atoms with Crippen LogP contribution in [-0.2, 0) is 13.0 Å². The maximum atomic E-state index is 5.92. The molecular weight excluding hydrogens is 338 g/mol. The van der Waals surface area contributed by atoms with E-state index in [0.717, 1.165) is 36.6 Å². The molecule has 0 spiro atoms. The van der Waals surface area contributed by atoms with Gasteiger partial charge in [-0.2, -0.15) is 0 Å². The molecule has 1 unspecified atom stereocenters. The molecule has 0 saturated heterocycles. The molecular formula is C21H31N5O. The predicted octanol–water partition coefficient (Wildman–Crippen LogP) is 3.20. The summed E-state index contributed by atoms with van der Waals surface area (Å²) in [6.45, 7) is 7.90. The van der Waals surface area contributed by atoms with Crippen LogP contribution < -0.4 is 15.4 Å². The van der Waals surface area contributed by atoms with Gasteiger partial charge in [-0.15, -0.1) is 0 Å². The van der Waals surface area contributed by atoms with Crippen LogP contribution in [0, 0.1) is 5.92 Å². The molecule has 2 rings (SSSR count). The standard InChI is InChI=1S/C21H31N5O/c1-16(2)13-17(3)27-20-14-18(8-11-24-20)15-26-21(22-4)25-12-9-19-7-5-6-10-23-19/h5-8,10-11,14,16-17H,9,12-13,15H2,1-4H3,(H2,22,25,26). The topological polar surface area (TPSA) is 71.4 Å². The summed E-state index contributed by atoms with van der Waals surface area (Å²) in [4.78, 5) is 12.9. The van der Waals surface area contributed by atoms with Gasteiger partial charge in [0, 0.05) is 50.7 Å². The first-order valence-corrected chi connectivity index (χ1v) is 9.53. The smallest absolute Gasteiger partial charge is 0.213 e. The molecule has 2 heterocycles. The van der Waals surface area contributed by atoms with Gasteiger partial charge in [0.25, 0.3) is 0 Å². The van der Waals surface area contributed by atoms with Crippen LogP contribution in [0.15, 0.2) is 47.7 Å². The highest BCUT2D eigenvalue weighted by molar-refractivity contribution is 5.79. The number of hydrogen-bond donors (Lipinski definition) is 2. The van der Waals surface area contributed by atoms with Gasteiger partial charge in [0.2, 0.25) is 5.88 Å². The van der Waals surface area contributed by atoms with E-state index in [2.05, 4.69) is 46.4 Å². The largest absolute Gasteiger partial charge is 0.475 e. The molecule has 0 fully saturated rings. The lowest BCUT2D eigenvalue weighted by Gasteiger charge is -2.16. The Kier molecular flexibility index (Phi) is 8.55. The second-order valence-corrected chi connectivity index (χ2v) is 6.98. The Labute approximate surface area is 162 Å². The zero-order valence-electron chi connectivity index (χ0n) is 16.8. The van der Waals surface area contributed by atoms with Crippen LogP contribution in [0.25, 0.3) is 0 Å². The number of aliphatic imine (C=N–C) groups is 1. The van der Waals surface area contributed by atoms with Gasteiger partial charge in [-0.1, -0.05) is 19.9 Å². The van der Waals surface area contributed by atoms with Crippen LogP contribution in [-0.4, -0.2) is 35.6 Å². The van der Waals surface area contributed by atoms with Crippen LogP contribution in [0.2, 0.25) is 0 Å². The van der Waals surface area contributed by atoms with Gasteiger partial charge in [-0.25, -0.2) is 4.98 Å². The second kappa shape index (κ2) is 11.2. The van der Waals surface area contributed by atoms with E-state index in [4.69, 9.17) is 4.74 Å². The van der Waals surface area contributed by atoms with Gasteiger partial charge >= 0.3 is 0 Å². The molecule has 2 aromatic heterocycles. The minimum absolute atomic E-state index is 0.154. The summed E-state index contributed by atoms with van der Waals surface area (Å²) >= 11 is 0. The van der Waals surface area contributed by atoms with E-state index in [1.807, 2.05) is 36.5 Å². The van der Waals surface area contributed by atoms with Crippen molar-refractivity contribution >= 4 is 5.96 Å². The normalized spacial score (nSPS) is 12.7. The lowest BCUT2D eigenvalue weighted by molar-refractivity contribution is 0.185. The molecule has 2 N–H and O–H groups in total. The van der Waals surface area contributed by atoms with Crippen LogP contribution >= 0.6 is 0 Å². The fourth-order valence-electron chi connectivity index (χ4n) is 2.80. The van der Waals surface area contributed by atoms with Crippen molar-refractivity contribution in [3.05, 3.63) is 54.0 Å². The molecule has 6 heteroatoms. The van der Waals surface area contributed by atoms with Gasteiger partial charge < -0.3 is 15.4 Å². The summed E-state index contributed by atoms with van der Waals surface area (Å²) in [6.07, 6.45) is 5.61. The maximum absolute atomic E-state index is 5.92. The molecule has 0 aliphatic rings. The Hall–Kier alpha value is -2.63. The Morgan fingerprint density at radius 1 is 1.11 bits per heavy atom. The molecule has 0 saturated carbocycles. The zero-order chi connectivity index (χ0) is 19.5. The minimum atomic E-state index is 0.154. The van der Waals surface area contributed by atoms with Gasteiger partial charge in [-0.05, 0) is 43.0 Å². The highest BCUT2D eigenvalue weighted by Gasteiger charge is 2.08. The van der Waals surface area contributed by atoms with E-state index in [-0.39, 0.29) is 6.10 Å². The lowest BCUT2D eigenvalue weighted by Crippen LogP contribution is -2.37. The average molecular weight is 370 g/mol. The summed E-state index contributed by atoms with van der Waals surface area (Å²) in [7, 11) is 1.77. The molecule has 146 valence electrons. The fraction of sp³-hybridized carbons (Fsp3) is 0.476. The summed E-state index contributed by atoms with van der Waals surface area (Å²) in [5.41, 5.74) is 2.16. The van der Waals surface area contributed by atoms with E-state index in [1.54, 1.807) is 13.2 Å². The summed E-state index contributed by atoms with van der Waals surface area (Å²) < 4.78 is 5.92. The third kappa shape index (κ3) is 8.07. The molecule has 0 aliphatic heterocycles. The first-order valence-electron chi connectivity index (χ1n) is 9.53. The lowest BCUT2D eigenvalue weighted by atomic mass is 10.1. The number of ether oxygens (including phenoxy) is 1. The number of guanidine groups is 1. The Morgan fingerprint density at radius 2 is 1.96 bits per heavy atom. The van der Waals surface area contributed by atoms with Gasteiger partial charge in [0.05, 0.1) is 6.10 Å². The van der Waals surface area contributed by atoms with Crippen LogP contribution in [0.3, 0.4) is 0 Å². The van der Waals surface area contributed by atoms with Gasteiger partial charge in [0.1, 0.15) is 0 Å². The molecule has 0 aliphatic carbocycles. The molecule has 2 aromatic rings. The third-order valence-corrected chi connectivity index (χ3v) is 4.01. The van der Waals surface area contributed by atoms with E-state index < -0.39 is 0 Å². The molecule has 0 amide bonds. The van der Waals surface area contributed by atoms with E-state index in [0.29, 0.717) is 18.3 Å². The maximum Gasteiger partial charge on any atom is 0.213 e. The van der Waals surface area contributed by atoms with Crippen molar-refractivity contribution in [2.75, 3.05) is 13.6 Å². The van der Waals surface area contributed by atoms with Crippen molar-refractivity contribution in [2.24, 2.45) is 10.9 Å². The highest BCUT2D eigenvalue weighted by Crippen LogP contribution is 2.14. The number of hydrogen-bond acceptors (Lipinski definition) is 4. The number of nitrogens with one attached hydrogen (secondary N) is 2. The number of pyridine rings is 2. The minimum Gasteiger partial charge on any atom is -0.475 e. The van der Waals surface area contributed by atoms with E-state index >= 15 is 0 Å². The highest BCUT2D eigenvalue weighted by atomic mass is 16.5. The molecule has 27 heavy (non-hydrogen) atoms. The first kappa shape index (κ1) is 20.7. The SMILES string of the molecule is CN=C(NCCc1ccccn1)NCc1ccnc(OC(C)CC(C)C)c1. The second-order valence-electron chi connectivity index (χ2n) is 6.98. The molecule has 0 aromatic carbocycles. The van der Waals surface area contributed by atoms with Crippen LogP contribution in [0.5, 0.6) is 5.88 Å². The number of nitrogens with zero attached hydrogens (tertiary/aromatic N) is 3. The number of rotatable bonds is 9. The van der Waals surface area contributed by atoms with E-state index in [9.17, 15) is 0 Å². The van der Waals surface area contributed by atoms with E-state index in [1.165, 1.54) is 0 Å².